The highest BCUT2D eigenvalue weighted by Gasteiger charge is 2.21. The lowest BCUT2D eigenvalue weighted by Crippen LogP contribution is -2.36. The minimum atomic E-state index is -0.233. The lowest BCUT2D eigenvalue weighted by atomic mass is 10.2. The normalized spacial score (nSPS) is 13.7. The minimum Gasteiger partial charge on any atom is -0.477 e. The summed E-state index contributed by atoms with van der Waals surface area (Å²) in [5.74, 6) is 1.84. The quantitative estimate of drug-likeness (QED) is 0.370. The van der Waals surface area contributed by atoms with Crippen LogP contribution in [0.5, 0.6) is 5.88 Å². The molecule has 0 aliphatic heterocycles. The SMILES string of the molecule is CN=C(NCc1ccc(F)cc1)NCc1ccc(OCC2CC2)nc1.I. The Hall–Kier alpha value is -1.90. The zero-order valence-corrected chi connectivity index (χ0v) is 17.1. The van der Waals surface area contributed by atoms with E-state index < -0.39 is 0 Å². The standard InChI is InChI=1S/C19H23FN4O.HI/c1-21-19(23-10-14-4-7-17(20)8-5-14)24-12-16-6-9-18(22-11-16)25-13-15-2-3-15;/h4-9,11,15H,2-3,10,12-13H2,1H3,(H2,21,23,24);1H. The number of hydrogen-bond donors (Lipinski definition) is 2. The Labute approximate surface area is 170 Å². The predicted octanol–water partition coefficient (Wildman–Crippen LogP) is 3.49. The number of guanidine groups is 1. The van der Waals surface area contributed by atoms with Crippen LogP contribution in [-0.2, 0) is 13.1 Å². The van der Waals surface area contributed by atoms with Gasteiger partial charge in [-0.2, -0.15) is 0 Å². The van der Waals surface area contributed by atoms with E-state index in [1.54, 1.807) is 19.2 Å². The van der Waals surface area contributed by atoms with Crippen molar-refractivity contribution < 1.29 is 9.13 Å². The Morgan fingerprint density at radius 3 is 2.35 bits per heavy atom. The summed E-state index contributed by atoms with van der Waals surface area (Å²) in [5.41, 5.74) is 2.03. The molecule has 5 nitrogen and oxygen atoms in total. The Bertz CT molecular complexity index is 702. The highest BCUT2D eigenvalue weighted by molar-refractivity contribution is 14.0. The molecule has 3 rings (SSSR count). The fourth-order valence-corrected chi connectivity index (χ4v) is 2.28. The lowest BCUT2D eigenvalue weighted by Gasteiger charge is -2.12. The van der Waals surface area contributed by atoms with Gasteiger partial charge in [0.1, 0.15) is 5.82 Å². The van der Waals surface area contributed by atoms with Crippen LogP contribution in [0.2, 0.25) is 0 Å². The van der Waals surface area contributed by atoms with Crippen molar-refractivity contribution in [2.75, 3.05) is 13.7 Å². The van der Waals surface area contributed by atoms with Crippen molar-refractivity contribution in [3.05, 3.63) is 59.5 Å². The van der Waals surface area contributed by atoms with Crippen LogP contribution in [0.3, 0.4) is 0 Å². The number of aliphatic imine (C=N–C) groups is 1. The molecule has 0 atom stereocenters. The number of nitrogens with zero attached hydrogens (tertiary/aromatic N) is 2. The molecule has 0 spiro atoms. The molecule has 0 radical (unpaired) electrons. The topological polar surface area (TPSA) is 58.5 Å². The molecule has 26 heavy (non-hydrogen) atoms. The summed E-state index contributed by atoms with van der Waals surface area (Å²) in [6.07, 6.45) is 4.35. The lowest BCUT2D eigenvalue weighted by molar-refractivity contribution is 0.288. The first-order chi connectivity index (χ1) is 12.2. The van der Waals surface area contributed by atoms with Crippen molar-refractivity contribution in [1.82, 2.24) is 15.6 Å². The summed E-state index contributed by atoms with van der Waals surface area (Å²) >= 11 is 0. The van der Waals surface area contributed by atoms with Gasteiger partial charge in [0.15, 0.2) is 5.96 Å². The number of aromatic nitrogens is 1. The maximum Gasteiger partial charge on any atom is 0.213 e. The highest BCUT2D eigenvalue weighted by atomic mass is 127. The van der Waals surface area contributed by atoms with E-state index in [0.29, 0.717) is 24.9 Å². The van der Waals surface area contributed by atoms with Crippen LogP contribution in [0.4, 0.5) is 4.39 Å². The molecule has 7 heteroatoms. The zero-order chi connectivity index (χ0) is 17.5. The Balaban J connectivity index is 0.00000243. The molecule has 1 aliphatic carbocycles. The second-order valence-corrected chi connectivity index (χ2v) is 6.16. The molecular formula is C19H24FIN4O. The molecule has 0 bridgehead atoms. The van der Waals surface area contributed by atoms with Crippen LogP contribution in [-0.4, -0.2) is 24.6 Å². The van der Waals surface area contributed by atoms with Crippen molar-refractivity contribution in [2.24, 2.45) is 10.9 Å². The van der Waals surface area contributed by atoms with Crippen LogP contribution in [0, 0.1) is 11.7 Å². The van der Waals surface area contributed by atoms with Crippen LogP contribution < -0.4 is 15.4 Å². The van der Waals surface area contributed by atoms with E-state index in [0.717, 1.165) is 23.7 Å². The summed E-state index contributed by atoms with van der Waals surface area (Å²) in [4.78, 5) is 8.51. The first-order valence-electron chi connectivity index (χ1n) is 8.49. The molecule has 1 saturated carbocycles. The molecule has 2 aromatic rings. The third-order valence-electron chi connectivity index (χ3n) is 4.02. The molecule has 140 valence electrons. The van der Waals surface area contributed by atoms with Gasteiger partial charge in [0, 0.05) is 32.4 Å². The van der Waals surface area contributed by atoms with E-state index >= 15 is 0 Å². The van der Waals surface area contributed by atoms with E-state index in [1.807, 2.05) is 18.3 Å². The Morgan fingerprint density at radius 1 is 1.12 bits per heavy atom. The van der Waals surface area contributed by atoms with Gasteiger partial charge in [-0.25, -0.2) is 9.37 Å². The second kappa shape index (κ2) is 10.3. The van der Waals surface area contributed by atoms with Gasteiger partial charge >= 0.3 is 0 Å². The Kier molecular flexibility index (Phi) is 8.08. The van der Waals surface area contributed by atoms with Gasteiger partial charge in [-0.3, -0.25) is 4.99 Å². The van der Waals surface area contributed by atoms with Crippen LogP contribution in [0.15, 0.2) is 47.6 Å². The van der Waals surface area contributed by atoms with E-state index in [2.05, 4.69) is 20.6 Å². The smallest absolute Gasteiger partial charge is 0.213 e. The van der Waals surface area contributed by atoms with E-state index in [9.17, 15) is 4.39 Å². The van der Waals surface area contributed by atoms with Crippen molar-refractivity contribution in [3.63, 3.8) is 0 Å². The number of pyridine rings is 1. The summed E-state index contributed by atoms with van der Waals surface area (Å²) in [6, 6.07) is 10.3. The number of rotatable bonds is 7. The van der Waals surface area contributed by atoms with E-state index in [-0.39, 0.29) is 29.8 Å². The van der Waals surface area contributed by atoms with Crippen LogP contribution >= 0.6 is 24.0 Å². The number of hydrogen-bond acceptors (Lipinski definition) is 3. The number of ether oxygens (including phenoxy) is 1. The first-order valence-corrected chi connectivity index (χ1v) is 8.49. The van der Waals surface area contributed by atoms with Crippen molar-refractivity contribution in [1.29, 1.82) is 0 Å². The number of benzene rings is 1. The average molecular weight is 470 g/mol. The minimum absolute atomic E-state index is 0. The number of halogens is 2. The van der Waals surface area contributed by atoms with E-state index in [1.165, 1.54) is 25.0 Å². The highest BCUT2D eigenvalue weighted by Crippen LogP contribution is 2.29. The monoisotopic (exact) mass is 470 g/mol. The molecule has 1 aliphatic rings. The third kappa shape index (κ3) is 6.78. The van der Waals surface area contributed by atoms with Gasteiger partial charge in [0.2, 0.25) is 5.88 Å². The fourth-order valence-electron chi connectivity index (χ4n) is 2.28. The van der Waals surface area contributed by atoms with Crippen LogP contribution in [0.25, 0.3) is 0 Å². The molecule has 0 saturated heterocycles. The summed E-state index contributed by atoms with van der Waals surface area (Å²) < 4.78 is 18.5. The summed E-state index contributed by atoms with van der Waals surface area (Å²) in [5, 5.41) is 6.43. The zero-order valence-electron chi connectivity index (χ0n) is 14.7. The van der Waals surface area contributed by atoms with Gasteiger partial charge < -0.3 is 15.4 Å². The van der Waals surface area contributed by atoms with Crippen molar-refractivity contribution in [3.8, 4) is 5.88 Å². The average Bonchev–Trinajstić information content (AvgIpc) is 3.47. The molecular weight excluding hydrogens is 446 g/mol. The molecule has 0 amide bonds. The molecule has 1 aromatic heterocycles. The summed E-state index contributed by atoms with van der Waals surface area (Å²) in [7, 11) is 1.72. The van der Waals surface area contributed by atoms with Gasteiger partial charge in [-0.1, -0.05) is 18.2 Å². The van der Waals surface area contributed by atoms with Gasteiger partial charge in [0.25, 0.3) is 0 Å². The van der Waals surface area contributed by atoms with Gasteiger partial charge in [-0.05, 0) is 42.0 Å². The second-order valence-electron chi connectivity index (χ2n) is 6.16. The molecule has 2 N–H and O–H groups in total. The molecule has 1 fully saturated rings. The molecule has 1 aromatic carbocycles. The van der Waals surface area contributed by atoms with Crippen molar-refractivity contribution in [2.45, 2.75) is 25.9 Å². The van der Waals surface area contributed by atoms with E-state index in [4.69, 9.17) is 4.74 Å². The van der Waals surface area contributed by atoms with Crippen molar-refractivity contribution >= 4 is 29.9 Å². The van der Waals surface area contributed by atoms with Gasteiger partial charge in [0.05, 0.1) is 6.61 Å². The van der Waals surface area contributed by atoms with Gasteiger partial charge in [-0.15, -0.1) is 24.0 Å². The largest absolute Gasteiger partial charge is 0.477 e. The maximum atomic E-state index is 12.9. The first kappa shape index (κ1) is 20.4. The molecule has 0 unspecified atom stereocenters. The molecule has 1 heterocycles. The summed E-state index contributed by atoms with van der Waals surface area (Å²) in [6.45, 7) is 1.95. The maximum absolute atomic E-state index is 12.9. The number of nitrogens with one attached hydrogen (secondary N) is 2. The Morgan fingerprint density at radius 2 is 1.77 bits per heavy atom. The third-order valence-corrected chi connectivity index (χ3v) is 4.02. The predicted molar refractivity (Wildman–Crippen MR) is 111 cm³/mol. The van der Waals surface area contributed by atoms with Crippen LogP contribution in [0.1, 0.15) is 24.0 Å². The fraction of sp³-hybridized carbons (Fsp3) is 0.368.